The number of aromatic carboxylic acids is 1. The van der Waals surface area contributed by atoms with Gasteiger partial charge in [-0.25, -0.2) is 4.79 Å². The van der Waals surface area contributed by atoms with Crippen LogP contribution < -0.4 is 5.32 Å². The summed E-state index contributed by atoms with van der Waals surface area (Å²) in [5.41, 5.74) is 0.382. The summed E-state index contributed by atoms with van der Waals surface area (Å²) in [5.74, 6) is -2.51. The first-order valence-electron chi connectivity index (χ1n) is 5.68. The number of carbonyl (C=O) groups excluding carboxylic acids is 1. The van der Waals surface area contributed by atoms with Gasteiger partial charge in [0.2, 0.25) is 0 Å². The molecule has 2 rings (SSSR count). The van der Waals surface area contributed by atoms with Crippen LogP contribution in [-0.4, -0.2) is 26.9 Å². The highest BCUT2D eigenvalue weighted by atomic mass is 16.6. The summed E-state index contributed by atoms with van der Waals surface area (Å²) in [7, 11) is 0. The molecular weight excluding hydrogens is 282 g/mol. The number of nitro groups is 1. The van der Waals surface area contributed by atoms with Gasteiger partial charge < -0.3 is 14.8 Å². The van der Waals surface area contributed by atoms with Crippen LogP contribution >= 0.6 is 0 Å². The molecule has 0 atom stereocenters. The van der Waals surface area contributed by atoms with E-state index >= 15 is 0 Å². The summed E-state index contributed by atoms with van der Waals surface area (Å²) in [6, 6.07) is 4.88. The van der Waals surface area contributed by atoms with Crippen molar-refractivity contribution in [3.8, 4) is 0 Å². The Bertz CT molecular complexity index is 709. The molecule has 0 saturated carbocycles. The van der Waals surface area contributed by atoms with Crippen molar-refractivity contribution < 1.29 is 24.0 Å². The highest BCUT2D eigenvalue weighted by molar-refractivity contribution is 5.91. The standard InChI is InChI=1S/C12H9N3O6/c16-11(9-1-2-10(21-9)15(19)20)14-6-8-5-7(12(17)18)3-4-13-8/h1-5H,6H2,(H,14,16)(H,17,18). The number of nitrogens with zero attached hydrogens (tertiary/aromatic N) is 2. The molecule has 0 saturated heterocycles. The topological polar surface area (TPSA) is 136 Å². The number of hydrogen-bond donors (Lipinski definition) is 2. The van der Waals surface area contributed by atoms with Gasteiger partial charge in [-0.1, -0.05) is 0 Å². The molecule has 2 N–H and O–H groups in total. The fourth-order valence-corrected chi connectivity index (χ4v) is 1.51. The third kappa shape index (κ3) is 3.41. The Balaban J connectivity index is 2.02. The number of rotatable bonds is 5. The van der Waals surface area contributed by atoms with Gasteiger partial charge in [0, 0.05) is 6.20 Å². The molecule has 0 aromatic carbocycles. The van der Waals surface area contributed by atoms with Crippen LogP contribution in [0.2, 0.25) is 0 Å². The third-order valence-corrected chi connectivity index (χ3v) is 2.49. The summed E-state index contributed by atoms with van der Waals surface area (Å²) in [6.45, 7) is -0.0333. The van der Waals surface area contributed by atoms with Crippen LogP contribution in [0.5, 0.6) is 0 Å². The smallest absolute Gasteiger partial charge is 0.433 e. The van der Waals surface area contributed by atoms with Crippen molar-refractivity contribution in [2.24, 2.45) is 0 Å². The van der Waals surface area contributed by atoms with E-state index in [2.05, 4.69) is 10.3 Å². The Morgan fingerprint density at radius 2 is 2.14 bits per heavy atom. The first-order valence-corrected chi connectivity index (χ1v) is 5.68. The average Bonchev–Trinajstić information content (AvgIpc) is 2.95. The molecular formula is C12H9N3O6. The molecule has 0 unspecified atom stereocenters. The number of aromatic nitrogens is 1. The van der Waals surface area contributed by atoms with Gasteiger partial charge >= 0.3 is 11.9 Å². The van der Waals surface area contributed by atoms with E-state index in [0.717, 1.165) is 6.07 Å². The minimum absolute atomic E-state index is 0.0333. The van der Waals surface area contributed by atoms with E-state index in [1.54, 1.807) is 0 Å². The number of furan rings is 1. The summed E-state index contributed by atoms with van der Waals surface area (Å²) >= 11 is 0. The second-order valence-corrected chi connectivity index (χ2v) is 3.92. The SMILES string of the molecule is O=C(O)c1ccnc(CNC(=O)c2ccc([N+](=O)[O-])o2)c1. The summed E-state index contributed by atoms with van der Waals surface area (Å²) < 4.78 is 4.73. The maximum Gasteiger partial charge on any atom is 0.433 e. The molecule has 0 aliphatic heterocycles. The van der Waals surface area contributed by atoms with Crippen LogP contribution in [0.25, 0.3) is 0 Å². The average molecular weight is 291 g/mol. The van der Waals surface area contributed by atoms with Crippen molar-refractivity contribution in [2.45, 2.75) is 6.54 Å². The quantitative estimate of drug-likeness (QED) is 0.624. The molecule has 0 bridgehead atoms. The molecule has 0 aliphatic rings. The molecule has 0 spiro atoms. The molecule has 0 aliphatic carbocycles. The minimum atomic E-state index is -1.10. The molecule has 2 aromatic heterocycles. The number of amides is 1. The summed E-state index contributed by atoms with van der Waals surface area (Å²) in [4.78, 5) is 36.1. The van der Waals surface area contributed by atoms with Crippen LogP contribution in [0.15, 0.2) is 34.9 Å². The van der Waals surface area contributed by atoms with Crippen LogP contribution in [0.4, 0.5) is 5.88 Å². The Morgan fingerprint density at radius 3 is 2.76 bits per heavy atom. The predicted octanol–water partition coefficient (Wildman–Crippen LogP) is 1.21. The highest BCUT2D eigenvalue weighted by Gasteiger charge is 2.17. The van der Waals surface area contributed by atoms with E-state index in [4.69, 9.17) is 9.52 Å². The molecule has 21 heavy (non-hydrogen) atoms. The van der Waals surface area contributed by atoms with E-state index < -0.39 is 22.7 Å². The zero-order valence-corrected chi connectivity index (χ0v) is 10.5. The van der Waals surface area contributed by atoms with Gasteiger partial charge in [0.25, 0.3) is 5.91 Å². The van der Waals surface area contributed by atoms with E-state index in [-0.39, 0.29) is 17.9 Å². The van der Waals surface area contributed by atoms with E-state index in [9.17, 15) is 19.7 Å². The van der Waals surface area contributed by atoms with Crippen molar-refractivity contribution in [2.75, 3.05) is 0 Å². The molecule has 1 amide bonds. The Morgan fingerprint density at radius 1 is 1.38 bits per heavy atom. The number of carbonyl (C=O) groups is 2. The van der Waals surface area contributed by atoms with Gasteiger partial charge in [-0.3, -0.25) is 19.9 Å². The lowest BCUT2D eigenvalue weighted by Gasteiger charge is -2.03. The second-order valence-electron chi connectivity index (χ2n) is 3.92. The number of hydrogen-bond acceptors (Lipinski definition) is 6. The molecule has 9 heteroatoms. The zero-order valence-electron chi connectivity index (χ0n) is 10.5. The number of nitrogens with one attached hydrogen (secondary N) is 1. The fraction of sp³-hybridized carbons (Fsp3) is 0.0833. The van der Waals surface area contributed by atoms with Crippen molar-refractivity contribution in [3.05, 3.63) is 57.6 Å². The Hall–Kier alpha value is -3.23. The third-order valence-electron chi connectivity index (χ3n) is 2.49. The summed E-state index contributed by atoms with van der Waals surface area (Å²) in [5, 5.41) is 21.7. The summed E-state index contributed by atoms with van der Waals surface area (Å²) in [6.07, 6.45) is 1.31. The minimum Gasteiger partial charge on any atom is -0.478 e. The largest absolute Gasteiger partial charge is 0.478 e. The lowest BCUT2D eigenvalue weighted by atomic mass is 10.2. The van der Waals surface area contributed by atoms with Crippen LogP contribution in [-0.2, 0) is 6.54 Å². The lowest BCUT2D eigenvalue weighted by molar-refractivity contribution is -0.402. The van der Waals surface area contributed by atoms with Gasteiger partial charge in [-0.2, -0.15) is 0 Å². The van der Waals surface area contributed by atoms with Gasteiger partial charge in [-0.05, 0) is 18.2 Å². The Kier molecular flexibility index (Phi) is 3.93. The molecule has 2 heterocycles. The van der Waals surface area contributed by atoms with Gasteiger partial charge in [0.1, 0.15) is 4.92 Å². The van der Waals surface area contributed by atoms with Crippen molar-refractivity contribution >= 4 is 17.8 Å². The number of carboxylic acids is 1. The van der Waals surface area contributed by atoms with Crippen LogP contribution in [0.3, 0.4) is 0 Å². The normalized spacial score (nSPS) is 10.1. The van der Waals surface area contributed by atoms with Gasteiger partial charge in [-0.15, -0.1) is 0 Å². The van der Waals surface area contributed by atoms with E-state index in [0.29, 0.717) is 5.69 Å². The monoisotopic (exact) mass is 291 g/mol. The number of pyridine rings is 1. The highest BCUT2D eigenvalue weighted by Crippen LogP contribution is 2.15. The van der Waals surface area contributed by atoms with Crippen molar-refractivity contribution in [3.63, 3.8) is 0 Å². The van der Waals surface area contributed by atoms with E-state index in [1.165, 1.54) is 24.4 Å². The Labute approximate surface area is 117 Å². The zero-order chi connectivity index (χ0) is 15.4. The van der Waals surface area contributed by atoms with Crippen LogP contribution in [0, 0.1) is 10.1 Å². The van der Waals surface area contributed by atoms with Gasteiger partial charge in [0.15, 0.2) is 5.76 Å². The molecule has 2 aromatic rings. The maximum absolute atomic E-state index is 11.7. The lowest BCUT2D eigenvalue weighted by Crippen LogP contribution is -2.23. The van der Waals surface area contributed by atoms with Crippen molar-refractivity contribution in [1.29, 1.82) is 0 Å². The van der Waals surface area contributed by atoms with Gasteiger partial charge in [0.05, 0.1) is 23.9 Å². The second kappa shape index (κ2) is 5.82. The van der Waals surface area contributed by atoms with Crippen LogP contribution in [0.1, 0.15) is 26.6 Å². The first kappa shape index (κ1) is 14.2. The predicted molar refractivity (Wildman–Crippen MR) is 67.7 cm³/mol. The molecule has 0 radical (unpaired) electrons. The number of carboxylic acid groups (broad SMARTS) is 1. The maximum atomic E-state index is 11.7. The first-order chi connectivity index (χ1) is 9.97. The molecule has 0 fully saturated rings. The molecule has 108 valence electrons. The van der Waals surface area contributed by atoms with E-state index in [1.807, 2.05) is 0 Å². The van der Waals surface area contributed by atoms with Crippen molar-refractivity contribution in [1.82, 2.24) is 10.3 Å². The molecule has 9 nitrogen and oxygen atoms in total. The fourth-order valence-electron chi connectivity index (χ4n) is 1.51.